The summed E-state index contributed by atoms with van der Waals surface area (Å²) in [5, 5.41) is 6.71. The number of carbonyl (C=O) groups excluding carboxylic acids is 1. The van der Waals surface area contributed by atoms with Crippen LogP contribution in [0.25, 0.3) is 0 Å². The van der Waals surface area contributed by atoms with Gasteiger partial charge in [0.15, 0.2) is 5.96 Å². The number of methoxy groups -OCH3 is 1. The van der Waals surface area contributed by atoms with Crippen LogP contribution < -0.4 is 15.4 Å². The number of hydrogen-bond acceptors (Lipinski definition) is 4. The molecule has 0 saturated carbocycles. The third kappa shape index (κ3) is 7.83. The lowest BCUT2D eigenvalue weighted by Crippen LogP contribution is -2.47. The Labute approximate surface area is 174 Å². The van der Waals surface area contributed by atoms with E-state index in [0.717, 1.165) is 49.7 Å². The molecule has 0 bridgehead atoms. The maximum Gasteiger partial charge on any atom is 0.410 e. The lowest BCUT2D eigenvalue weighted by Gasteiger charge is -2.34. The van der Waals surface area contributed by atoms with Gasteiger partial charge in [-0.2, -0.15) is 0 Å². The van der Waals surface area contributed by atoms with Crippen molar-refractivity contribution < 1.29 is 14.3 Å². The fourth-order valence-electron chi connectivity index (χ4n) is 3.30. The minimum atomic E-state index is -0.467. The van der Waals surface area contributed by atoms with Crippen LogP contribution in [0, 0.1) is 5.92 Å². The number of nitrogens with one attached hydrogen (secondary N) is 2. The van der Waals surface area contributed by atoms with Crippen LogP contribution in [-0.2, 0) is 11.3 Å². The van der Waals surface area contributed by atoms with E-state index >= 15 is 0 Å². The standard InChI is InChI=1S/C22H36N4O3/c1-6-23-20(25-15-18-11-7-8-12-19(18)28-5)24-14-17-10-9-13-26(16-17)21(27)29-22(2,3)4/h7-8,11-12,17H,6,9-10,13-16H2,1-5H3,(H2,23,24,25). The van der Waals surface area contributed by atoms with Gasteiger partial charge in [0, 0.05) is 31.7 Å². The zero-order chi connectivity index (χ0) is 21.3. The third-order valence-electron chi connectivity index (χ3n) is 4.67. The molecule has 2 rings (SSSR count). The number of nitrogens with zero attached hydrogens (tertiary/aromatic N) is 2. The Balaban J connectivity index is 1.91. The van der Waals surface area contributed by atoms with Gasteiger partial charge in [0.25, 0.3) is 0 Å². The number of amides is 1. The minimum Gasteiger partial charge on any atom is -0.496 e. The molecule has 7 heteroatoms. The number of ether oxygens (including phenoxy) is 2. The summed E-state index contributed by atoms with van der Waals surface area (Å²) in [5.41, 5.74) is 0.576. The van der Waals surface area contributed by atoms with E-state index < -0.39 is 5.60 Å². The number of carbonyl (C=O) groups is 1. The fraction of sp³-hybridized carbons (Fsp3) is 0.636. The Morgan fingerprint density at radius 1 is 1.28 bits per heavy atom. The van der Waals surface area contributed by atoms with Crippen molar-refractivity contribution in [1.29, 1.82) is 0 Å². The molecule has 1 atom stereocenters. The van der Waals surface area contributed by atoms with Gasteiger partial charge in [-0.3, -0.25) is 0 Å². The first-order valence-corrected chi connectivity index (χ1v) is 10.4. The first kappa shape index (κ1) is 22.8. The Hall–Kier alpha value is -2.44. The second kappa shape index (κ2) is 10.9. The van der Waals surface area contributed by atoms with Crippen molar-refractivity contribution in [3.63, 3.8) is 0 Å². The molecule has 1 aromatic carbocycles. The SMILES string of the molecule is CCNC(=NCc1ccccc1OC)NCC1CCCN(C(=O)OC(C)(C)C)C1. The molecule has 1 amide bonds. The Bertz CT molecular complexity index is 685. The van der Waals surface area contributed by atoms with Crippen molar-refractivity contribution in [2.24, 2.45) is 10.9 Å². The molecular formula is C22H36N4O3. The highest BCUT2D eigenvalue weighted by atomic mass is 16.6. The molecule has 1 fully saturated rings. The summed E-state index contributed by atoms with van der Waals surface area (Å²) in [6, 6.07) is 7.90. The van der Waals surface area contributed by atoms with Crippen molar-refractivity contribution in [2.75, 3.05) is 33.3 Å². The number of likely N-dealkylation sites (tertiary alicyclic amines) is 1. The molecule has 1 heterocycles. The van der Waals surface area contributed by atoms with Gasteiger partial charge >= 0.3 is 6.09 Å². The summed E-state index contributed by atoms with van der Waals surface area (Å²) < 4.78 is 10.9. The summed E-state index contributed by atoms with van der Waals surface area (Å²) >= 11 is 0. The number of guanidine groups is 1. The summed E-state index contributed by atoms with van der Waals surface area (Å²) in [4.78, 5) is 18.9. The molecule has 0 spiro atoms. The monoisotopic (exact) mass is 404 g/mol. The first-order chi connectivity index (χ1) is 13.8. The summed E-state index contributed by atoms with van der Waals surface area (Å²) in [7, 11) is 1.67. The highest BCUT2D eigenvalue weighted by molar-refractivity contribution is 5.79. The molecule has 0 aromatic heterocycles. The number of rotatable bonds is 6. The van der Waals surface area contributed by atoms with E-state index in [0.29, 0.717) is 19.0 Å². The van der Waals surface area contributed by atoms with Crippen LogP contribution in [0.1, 0.15) is 46.1 Å². The Kier molecular flexibility index (Phi) is 8.61. The van der Waals surface area contributed by atoms with Crippen molar-refractivity contribution in [3.05, 3.63) is 29.8 Å². The lowest BCUT2D eigenvalue weighted by atomic mass is 9.98. The summed E-state index contributed by atoms with van der Waals surface area (Å²) in [6.07, 6.45) is 1.84. The number of aliphatic imine (C=N–C) groups is 1. The highest BCUT2D eigenvalue weighted by Crippen LogP contribution is 2.19. The van der Waals surface area contributed by atoms with Crippen LogP contribution in [-0.4, -0.2) is 55.8 Å². The predicted octanol–water partition coefficient (Wildman–Crippen LogP) is 3.40. The first-order valence-electron chi connectivity index (χ1n) is 10.4. The van der Waals surface area contributed by atoms with Gasteiger partial charge in [-0.15, -0.1) is 0 Å². The molecule has 1 aliphatic heterocycles. The van der Waals surface area contributed by atoms with Crippen LogP contribution in [0.5, 0.6) is 5.75 Å². The van der Waals surface area contributed by atoms with E-state index in [4.69, 9.17) is 9.47 Å². The van der Waals surface area contributed by atoms with Gasteiger partial charge in [-0.1, -0.05) is 18.2 Å². The molecule has 2 N–H and O–H groups in total. The van der Waals surface area contributed by atoms with Gasteiger partial charge in [-0.05, 0) is 52.5 Å². The molecule has 1 saturated heterocycles. The molecule has 1 aromatic rings. The van der Waals surface area contributed by atoms with Crippen LogP contribution in [0.4, 0.5) is 4.79 Å². The van der Waals surface area contributed by atoms with Gasteiger partial charge in [0.2, 0.25) is 0 Å². The topological polar surface area (TPSA) is 75.2 Å². The predicted molar refractivity (Wildman–Crippen MR) is 116 cm³/mol. The van der Waals surface area contributed by atoms with Crippen molar-refractivity contribution in [3.8, 4) is 5.75 Å². The van der Waals surface area contributed by atoms with Crippen LogP contribution >= 0.6 is 0 Å². The average Bonchev–Trinajstić information content (AvgIpc) is 2.69. The molecule has 162 valence electrons. The maximum atomic E-state index is 12.4. The number of piperidine rings is 1. The van der Waals surface area contributed by atoms with Gasteiger partial charge in [0.1, 0.15) is 11.4 Å². The second-order valence-corrected chi connectivity index (χ2v) is 8.32. The van der Waals surface area contributed by atoms with E-state index in [9.17, 15) is 4.79 Å². The highest BCUT2D eigenvalue weighted by Gasteiger charge is 2.27. The zero-order valence-corrected chi connectivity index (χ0v) is 18.5. The fourth-order valence-corrected chi connectivity index (χ4v) is 3.30. The van der Waals surface area contributed by atoms with Crippen LogP contribution in [0.2, 0.25) is 0 Å². The smallest absolute Gasteiger partial charge is 0.410 e. The molecular weight excluding hydrogens is 368 g/mol. The maximum absolute atomic E-state index is 12.4. The second-order valence-electron chi connectivity index (χ2n) is 8.32. The molecule has 1 aliphatic rings. The quantitative estimate of drug-likeness (QED) is 0.561. The summed E-state index contributed by atoms with van der Waals surface area (Å²) in [6.45, 7) is 11.3. The van der Waals surface area contributed by atoms with Crippen molar-refractivity contribution >= 4 is 12.1 Å². The van der Waals surface area contributed by atoms with Gasteiger partial charge in [-0.25, -0.2) is 9.79 Å². The van der Waals surface area contributed by atoms with Crippen molar-refractivity contribution in [2.45, 2.75) is 52.7 Å². The van der Waals surface area contributed by atoms with E-state index in [-0.39, 0.29) is 6.09 Å². The lowest BCUT2D eigenvalue weighted by molar-refractivity contribution is 0.0168. The number of para-hydroxylation sites is 1. The summed E-state index contributed by atoms with van der Waals surface area (Å²) in [5.74, 6) is 1.98. The van der Waals surface area contributed by atoms with E-state index in [1.165, 1.54) is 0 Å². The van der Waals surface area contributed by atoms with E-state index in [1.807, 2.05) is 56.9 Å². The third-order valence-corrected chi connectivity index (χ3v) is 4.67. The van der Waals surface area contributed by atoms with E-state index in [1.54, 1.807) is 7.11 Å². The van der Waals surface area contributed by atoms with Crippen molar-refractivity contribution in [1.82, 2.24) is 15.5 Å². The molecule has 29 heavy (non-hydrogen) atoms. The Morgan fingerprint density at radius 2 is 2.03 bits per heavy atom. The van der Waals surface area contributed by atoms with E-state index in [2.05, 4.69) is 15.6 Å². The molecule has 1 unspecified atom stereocenters. The average molecular weight is 405 g/mol. The normalized spacial score (nSPS) is 17.6. The molecule has 7 nitrogen and oxygen atoms in total. The Morgan fingerprint density at radius 3 is 2.72 bits per heavy atom. The minimum absolute atomic E-state index is 0.223. The molecule has 0 aliphatic carbocycles. The van der Waals surface area contributed by atoms with Crippen LogP contribution in [0.3, 0.4) is 0 Å². The van der Waals surface area contributed by atoms with Gasteiger partial charge < -0.3 is 25.0 Å². The van der Waals surface area contributed by atoms with Crippen LogP contribution in [0.15, 0.2) is 29.3 Å². The largest absolute Gasteiger partial charge is 0.496 e. The zero-order valence-electron chi connectivity index (χ0n) is 18.5. The van der Waals surface area contributed by atoms with Gasteiger partial charge in [0.05, 0.1) is 13.7 Å². The number of hydrogen-bond donors (Lipinski definition) is 2. The number of benzene rings is 1. The molecule has 0 radical (unpaired) electrons.